The number of amides is 2. The van der Waals surface area contributed by atoms with Crippen molar-refractivity contribution in [1.29, 1.82) is 0 Å². The number of nitrogens with two attached hydrogens (primary N) is 1. The highest BCUT2D eigenvalue weighted by Crippen LogP contribution is 2.24. The maximum atomic E-state index is 12.2. The minimum Gasteiger partial charge on any atom is -0.368 e. The van der Waals surface area contributed by atoms with E-state index in [1.165, 1.54) is 11.2 Å². The van der Waals surface area contributed by atoms with Gasteiger partial charge in [-0.15, -0.1) is 0 Å². The number of rotatable bonds is 4. The number of carbonyl (C=O) groups is 2. The molecule has 3 rings (SSSR count). The number of nitrogens with one attached hydrogen (secondary N) is 2. The lowest BCUT2D eigenvalue weighted by Crippen LogP contribution is -2.39. The number of H-pyrrole nitrogens is 1. The number of aromatic nitrogens is 2. The van der Waals surface area contributed by atoms with Crippen molar-refractivity contribution < 1.29 is 9.59 Å². The minimum absolute atomic E-state index is 0.157. The third-order valence-corrected chi connectivity index (χ3v) is 3.27. The summed E-state index contributed by atoms with van der Waals surface area (Å²) in [7, 11) is 0. The summed E-state index contributed by atoms with van der Waals surface area (Å²) in [5, 5.41) is 14.7. The topological polar surface area (TPSA) is 116 Å². The molecule has 2 heterocycles. The van der Waals surface area contributed by atoms with Crippen molar-refractivity contribution in [3.05, 3.63) is 42.6 Å². The first-order valence-corrected chi connectivity index (χ1v) is 6.67. The average molecular weight is 298 g/mol. The molecule has 4 N–H and O–H groups in total. The van der Waals surface area contributed by atoms with Crippen molar-refractivity contribution in [2.75, 3.05) is 10.3 Å². The smallest absolute Gasteiger partial charge is 0.273 e. The van der Waals surface area contributed by atoms with Crippen LogP contribution < -0.4 is 16.1 Å². The van der Waals surface area contributed by atoms with Crippen LogP contribution in [0.2, 0.25) is 0 Å². The molecule has 1 aromatic heterocycles. The lowest BCUT2D eigenvalue weighted by atomic mass is 10.1. The number of nitrogens with zero attached hydrogens (tertiary/aromatic N) is 3. The molecular formula is C14H14N6O2. The van der Waals surface area contributed by atoms with E-state index in [4.69, 9.17) is 5.73 Å². The average Bonchev–Trinajstić information content (AvgIpc) is 3.17. The fourth-order valence-electron chi connectivity index (χ4n) is 2.21. The summed E-state index contributed by atoms with van der Waals surface area (Å²) in [4.78, 5) is 23.8. The summed E-state index contributed by atoms with van der Waals surface area (Å²) in [5.74, 6) is -0.465. The largest absolute Gasteiger partial charge is 0.368 e. The van der Waals surface area contributed by atoms with Gasteiger partial charge in [0, 0.05) is 12.5 Å². The van der Waals surface area contributed by atoms with Crippen LogP contribution in [0.4, 0.5) is 11.5 Å². The van der Waals surface area contributed by atoms with Gasteiger partial charge in [0.05, 0.1) is 11.9 Å². The summed E-state index contributed by atoms with van der Waals surface area (Å²) in [6, 6.07) is 10.1. The first-order valence-electron chi connectivity index (χ1n) is 6.67. The molecule has 0 fully saturated rings. The van der Waals surface area contributed by atoms with Gasteiger partial charge in [-0.2, -0.15) is 10.2 Å². The molecule has 1 aliphatic heterocycles. The van der Waals surface area contributed by atoms with Crippen LogP contribution in [0.25, 0.3) is 0 Å². The molecule has 0 unspecified atom stereocenters. The molecule has 2 aromatic rings. The number of hydrogen-bond acceptors (Lipinski definition) is 5. The molecule has 0 saturated carbocycles. The van der Waals surface area contributed by atoms with Crippen molar-refractivity contribution in [2.24, 2.45) is 10.8 Å². The van der Waals surface area contributed by atoms with Gasteiger partial charge >= 0.3 is 0 Å². The van der Waals surface area contributed by atoms with Gasteiger partial charge in [-0.3, -0.25) is 19.7 Å². The molecule has 0 bridgehead atoms. The van der Waals surface area contributed by atoms with Crippen LogP contribution in [0.5, 0.6) is 0 Å². The molecule has 22 heavy (non-hydrogen) atoms. The highest BCUT2D eigenvalue weighted by Gasteiger charge is 2.34. The molecule has 2 amide bonds. The van der Waals surface area contributed by atoms with Crippen LogP contribution in [-0.2, 0) is 9.59 Å². The van der Waals surface area contributed by atoms with E-state index in [1.54, 1.807) is 18.2 Å². The Morgan fingerprint density at radius 2 is 2.05 bits per heavy atom. The number of carbonyl (C=O) groups excluding carboxylic acids is 2. The number of benzene rings is 1. The van der Waals surface area contributed by atoms with E-state index in [9.17, 15) is 9.59 Å². The predicted molar refractivity (Wildman–Crippen MR) is 81.2 cm³/mol. The zero-order valence-electron chi connectivity index (χ0n) is 11.6. The van der Waals surface area contributed by atoms with Crippen molar-refractivity contribution >= 4 is 29.0 Å². The third kappa shape index (κ3) is 2.66. The van der Waals surface area contributed by atoms with Crippen molar-refractivity contribution in [3.63, 3.8) is 0 Å². The van der Waals surface area contributed by atoms with Crippen molar-refractivity contribution in [2.45, 2.75) is 12.5 Å². The molecule has 112 valence electrons. The Bertz CT molecular complexity index is 710. The number of aromatic amines is 1. The SMILES string of the molecule is NC(=O)[C@H]1CC(C(=O)Nc2ccn[nH]2)=NN1c1ccccc1. The fraction of sp³-hybridized carbons (Fsp3) is 0.143. The van der Waals surface area contributed by atoms with E-state index in [1.807, 2.05) is 18.2 Å². The van der Waals surface area contributed by atoms with Gasteiger partial charge < -0.3 is 11.1 Å². The van der Waals surface area contributed by atoms with Crippen LogP contribution in [-0.4, -0.2) is 33.8 Å². The fourth-order valence-corrected chi connectivity index (χ4v) is 2.21. The van der Waals surface area contributed by atoms with Gasteiger partial charge in [-0.05, 0) is 12.1 Å². The quantitative estimate of drug-likeness (QED) is 0.760. The van der Waals surface area contributed by atoms with E-state index in [0.717, 1.165) is 0 Å². The van der Waals surface area contributed by atoms with Crippen molar-refractivity contribution in [3.8, 4) is 0 Å². The lowest BCUT2D eigenvalue weighted by molar-refractivity contribution is -0.119. The molecule has 0 aliphatic carbocycles. The van der Waals surface area contributed by atoms with Gasteiger partial charge in [-0.1, -0.05) is 18.2 Å². The Morgan fingerprint density at radius 1 is 1.27 bits per heavy atom. The first kappa shape index (κ1) is 13.8. The molecule has 8 heteroatoms. The molecule has 1 atom stereocenters. The maximum absolute atomic E-state index is 12.2. The minimum atomic E-state index is -0.676. The van der Waals surface area contributed by atoms with Crippen LogP contribution in [0, 0.1) is 0 Å². The Hall–Kier alpha value is -3.16. The molecule has 0 spiro atoms. The number of hydrogen-bond donors (Lipinski definition) is 3. The summed E-state index contributed by atoms with van der Waals surface area (Å²) >= 11 is 0. The molecule has 0 saturated heterocycles. The lowest BCUT2D eigenvalue weighted by Gasteiger charge is -2.20. The van der Waals surface area contributed by atoms with Crippen LogP contribution >= 0.6 is 0 Å². The summed E-state index contributed by atoms with van der Waals surface area (Å²) in [6.07, 6.45) is 1.68. The predicted octanol–water partition coefficient (Wildman–Crippen LogP) is 0.468. The van der Waals surface area contributed by atoms with Gasteiger partial charge in [0.1, 0.15) is 17.6 Å². The Kier molecular flexibility index (Phi) is 3.57. The summed E-state index contributed by atoms with van der Waals surface area (Å²) < 4.78 is 0. The van der Waals surface area contributed by atoms with Gasteiger partial charge in [0.25, 0.3) is 5.91 Å². The van der Waals surface area contributed by atoms with E-state index >= 15 is 0 Å². The monoisotopic (exact) mass is 298 g/mol. The maximum Gasteiger partial charge on any atom is 0.273 e. The highest BCUT2D eigenvalue weighted by atomic mass is 16.2. The Labute approximate surface area is 126 Å². The summed E-state index contributed by atoms with van der Waals surface area (Å²) in [6.45, 7) is 0. The van der Waals surface area contributed by atoms with Crippen LogP contribution in [0.1, 0.15) is 6.42 Å². The molecule has 8 nitrogen and oxygen atoms in total. The standard InChI is InChI=1S/C14H14N6O2/c15-13(21)11-8-10(14(22)17-12-6-7-16-18-12)19-20(11)9-4-2-1-3-5-9/h1-7,11H,8H2,(H2,15,21)(H2,16,17,18,22)/t11-/m1/s1. The van der Waals surface area contributed by atoms with Gasteiger partial charge in [-0.25, -0.2) is 0 Å². The normalized spacial score (nSPS) is 17.2. The second-order valence-electron chi connectivity index (χ2n) is 4.77. The first-order chi connectivity index (χ1) is 10.6. The highest BCUT2D eigenvalue weighted by molar-refractivity contribution is 6.44. The van der Waals surface area contributed by atoms with Gasteiger partial charge in [0.15, 0.2) is 0 Å². The zero-order chi connectivity index (χ0) is 15.5. The zero-order valence-corrected chi connectivity index (χ0v) is 11.6. The Balaban J connectivity index is 1.83. The number of primary amides is 1. The second kappa shape index (κ2) is 5.68. The molecule has 1 aromatic carbocycles. The van der Waals surface area contributed by atoms with E-state index in [-0.39, 0.29) is 12.1 Å². The van der Waals surface area contributed by atoms with Crippen molar-refractivity contribution in [1.82, 2.24) is 10.2 Å². The van der Waals surface area contributed by atoms with Crippen LogP contribution in [0.15, 0.2) is 47.7 Å². The van der Waals surface area contributed by atoms with Crippen LogP contribution in [0.3, 0.4) is 0 Å². The number of anilines is 2. The Morgan fingerprint density at radius 3 is 2.68 bits per heavy atom. The molecular weight excluding hydrogens is 284 g/mol. The third-order valence-electron chi connectivity index (χ3n) is 3.27. The summed E-state index contributed by atoms with van der Waals surface area (Å²) in [5.41, 5.74) is 6.36. The number of para-hydroxylation sites is 1. The number of hydrazone groups is 1. The van der Waals surface area contributed by atoms with E-state index in [2.05, 4.69) is 20.6 Å². The second-order valence-corrected chi connectivity index (χ2v) is 4.77. The van der Waals surface area contributed by atoms with Gasteiger partial charge in [0.2, 0.25) is 5.91 Å². The molecule has 1 aliphatic rings. The molecule has 0 radical (unpaired) electrons. The van der Waals surface area contributed by atoms with E-state index in [0.29, 0.717) is 11.5 Å². The van der Waals surface area contributed by atoms with E-state index < -0.39 is 17.9 Å².